The van der Waals surface area contributed by atoms with Crippen molar-refractivity contribution in [1.29, 1.82) is 0 Å². The summed E-state index contributed by atoms with van der Waals surface area (Å²) in [5.74, 6) is -1.55. The SMILES string of the molecule is CC/C=C/C/C=C/C/C=C/C/C=C/C/C=C/CCCC(=O)OCC(COCCC(C(=O)O)[N+](C)(C)C)OC(=O)CCCCCCCCCCCC. The molecule has 2 atom stereocenters. The summed E-state index contributed by atoms with van der Waals surface area (Å²) in [5, 5.41) is 9.58. The average molecular weight is 717 g/mol. The highest BCUT2D eigenvalue weighted by Crippen LogP contribution is 2.13. The van der Waals surface area contributed by atoms with Gasteiger partial charge in [0.2, 0.25) is 0 Å². The van der Waals surface area contributed by atoms with Gasteiger partial charge in [-0.1, -0.05) is 132 Å². The molecule has 0 aliphatic carbocycles. The number of esters is 2. The summed E-state index contributed by atoms with van der Waals surface area (Å²) in [5.41, 5.74) is 0. The Balaban J connectivity index is 4.48. The molecule has 8 nitrogen and oxygen atoms in total. The maximum absolute atomic E-state index is 12.6. The molecule has 0 rings (SSSR count). The van der Waals surface area contributed by atoms with Crippen LogP contribution in [0.3, 0.4) is 0 Å². The molecule has 8 heteroatoms. The number of carboxylic acids is 1. The minimum absolute atomic E-state index is 0.0422. The summed E-state index contributed by atoms with van der Waals surface area (Å²) in [7, 11) is 5.49. The number of quaternary nitrogens is 1. The summed E-state index contributed by atoms with van der Waals surface area (Å²) in [6.07, 6.45) is 39.8. The van der Waals surface area contributed by atoms with Gasteiger partial charge in [0.05, 0.1) is 34.4 Å². The normalized spacial score (nSPS) is 13.7. The number of hydrogen-bond acceptors (Lipinski definition) is 6. The first kappa shape index (κ1) is 48.0. The van der Waals surface area contributed by atoms with Gasteiger partial charge >= 0.3 is 17.9 Å². The van der Waals surface area contributed by atoms with Crippen LogP contribution in [0.4, 0.5) is 0 Å². The monoisotopic (exact) mass is 717 g/mol. The molecule has 0 aliphatic rings. The Hall–Kier alpha value is -2.97. The van der Waals surface area contributed by atoms with Crippen molar-refractivity contribution >= 4 is 17.9 Å². The van der Waals surface area contributed by atoms with Gasteiger partial charge in [-0.2, -0.15) is 0 Å². The van der Waals surface area contributed by atoms with E-state index in [1.807, 2.05) is 21.1 Å². The van der Waals surface area contributed by atoms with Crippen molar-refractivity contribution in [2.24, 2.45) is 0 Å². The molecule has 0 amide bonds. The topological polar surface area (TPSA) is 99.1 Å². The number of ether oxygens (including phenoxy) is 3. The average Bonchev–Trinajstić information content (AvgIpc) is 3.08. The van der Waals surface area contributed by atoms with Crippen molar-refractivity contribution in [3.05, 3.63) is 60.8 Å². The Morgan fingerprint density at radius 2 is 1.10 bits per heavy atom. The zero-order chi connectivity index (χ0) is 37.8. The lowest BCUT2D eigenvalue weighted by Gasteiger charge is -2.31. The second kappa shape index (κ2) is 34.1. The van der Waals surface area contributed by atoms with Crippen LogP contribution >= 0.6 is 0 Å². The molecule has 0 spiro atoms. The lowest BCUT2D eigenvalue weighted by molar-refractivity contribution is -0.887. The lowest BCUT2D eigenvalue weighted by Crippen LogP contribution is -2.50. The molecule has 1 N–H and O–H groups in total. The first-order chi connectivity index (χ1) is 24.6. The summed E-state index contributed by atoms with van der Waals surface area (Å²) in [6, 6.07) is -0.622. The Morgan fingerprint density at radius 3 is 1.61 bits per heavy atom. The van der Waals surface area contributed by atoms with Crippen LogP contribution < -0.4 is 0 Å². The van der Waals surface area contributed by atoms with Gasteiger partial charge in [0.15, 0.2) is 12.1 Å². The Labute approximate surface area is 311 Å². The van der Waals surface area contributed by atoms with Gasteiger partial charge < -0.3 is 23.8 Å². The quantitative estimate of drug-likeness (QED) is 0.0306. The fraction of sp³-hybridized carbons (Fsp3) is 0.698. The van der Waals surface area contributed by atoms with E-state index in [4.69, 9.17) is 14.2 Å². The zero-order valence-electron chi connectivity index (χ0n) is 33.0. The van der Waals surface area contributed by atoms with Gasteiger partial charge in [-0.15, -0.1) is 0 Å². The third-order valence-corrected chi connectivity index (χ3v) is 8.43. The number of nitrogens with zero attached hydrogens (tertiary/aromatic N) is 1. The Kier molecular flexibility index (Phi) is 32.1. The first-order valence-electron chi connectivity index (χ1n) is 19.8. The fourth-order valence-electron chi connectivity index (χ4n) is 5.36. The van der Waals surface area contributed by atoms with Crippen molar-refractivity contribution < 1.29 is 38.2 Å². The van der Waals surface area contributed by atoms with E-state index >= 15 is 0 Å². The second-order valence-corrected chi connectivity index (χ2v) is 14.2. The summed E-state index contributed by atoms with van der Waals surface area (Å²) in [6.45, 7) is 4.53. The molecule has 51 heavy (non-hydrogen) atoms. The van der Waals surface area contributed by atoms with Crippen LogP contribution in [0.1, 0.15) is 142 Å². The third kappa shape index (κ3) is 32.7. The molecule has 0 saturated carbocycles. The Morgan fingerprint density at radius 1 is 0.608 bits per heavy atom. The largest absolute Gasteiger partial charge is 0.477 e. The second-order valence-electron chi connectivity index (χ2n) is 14.2. The standard InChI is InChI=1S/C43H73NO7/c1-6-8-10-12-14-16-18-19-20-21-22-23-24-26-27-29-31-33-41(45)50-38-39(37-49-36-35-40(43(47)48)44(3,4)5)51-42(46)34-32-30-28-25-17-15-13-11-9-7-2/h8,10,14,16,19-20,22-23,26-27,39-40H,6-7,9,11-13,15,17-18,21,24-25,28-38H2,1-5H3/p+1/b10-8+,16-14+,20-19+,23-22+,27-26+. The molecule has 0 aliphatic heterocycles. The van der Waals surface area contributed by atoms with Crippen LogP contribution in [0, 0.1) is 0 Å². The number of rotatable bonds is 34. The fourth-order valence-corrected chi connectivity index (χ4v) is 5.36. The highest BCUT2D eigenvalue weighted by Gasteiger charge is 2.31. The van der Waals surface area contributed by atoms with E-state index in [1.165, 1.54) is 44.9 Å². The number of carboxylic acid groups (broad SMARTS) is 1. The van der Waals surface area contributed by atoms with E-state index in [0.29, 0.717) is 19.3 Å². The van der Waals surface area contributed by atoms with Crippen molar-refractivity contribution in [3.8, 4) is 0 Å². The van der Waals surface area contributed by atoms with Crippen LogP contribution in [-0.2, 0) is 28.6 Å². The Bertz CT molecular complexity index is 1020. The molecule has 0 saturated heterocycles. The molecule has 0 fully saturated rings. The zero-order valence-corrected chi connectivity index (χ0v) is 33.0. The molecule has 0 aromatic rings. The van der Waals surface area contributed by atoms with Gasteiger partial charge in [-0.25, -0.2) is 4.79 Å². The van der Waals surface area contributed by atoms with E-state index in [-0.39, 0.29) is 42.7 Å². The smallest absolute Gasteiger partial charge is 0.362 e. The molecule has 0 heterocycles. The minimum Gasteiger partial charge on any atom is -0.477 e. The number of likely N-dealkylation sites (N-methyl/N-ethyl adjacent to an activating group) is 1. The predicted molar refractivity (Wildman–Crippen MR) is 211 cm³/mol. The number of carbonyl (C=O) groups is 3. The predicted octanol–water partition coefficient (Wildman–Crippen LogP) is 10.2. The summed E-state index contributed by atoms with van der Waals surface area (Å²) in [4.78, 5) is 36.8. The number of aliphatic carboxylic acids is 1. The lowest BCUT2D eigenvalue weighted by atomic mass is 10.1. The van der Waals surface area contributed by atoms with Crippen LogP contribution in [0.25, 0.3) is 0 Å². The highest BCUT2D eigenvalue weighted by atomic mass is 16.6. The van der Waals surface area contributed by atoms with Crippen molar-refractivity contribution in [2.45, 2.75) is 154 Å². The van der Waals surface area contributed by atoms with Crippen molar-refractivity contribution in [2.75, 3.05) is 41.0 Å². The maximum Gasteiger partial charge on any atom is 0.362 e. The van der Waals surface area contributed by atoms with E-state index in [0.717, 1.165) is 57.8 Å². The van der Waals surface area contributed by atoms with Gasteiger partial charge in [-0.05, 0) is 51.4 Å². The molecule has 2 unspecified atom stereocenters. The molecule has 292 valence electrons. The number of allylic oxidation sites excluding steroid dienone is 10. The molecule has 0 radical (unpaired) electrons. The van der Waals surface area contributed by atoms with E-state index in [9.17, 15) is 19.5 Å². The van der Waals surface area contributed by atoms with E-state index in [1.54, 1.807) is 0 Å². The first-order valence-corrected chi connectivity index (χ1v) is 19.8. The van der Waals surface area contributed by atoms with Crippen LogP contribution in [0.5, 0.6) is 0 Å². The number of carbonyl (C=O) groups excluding carboxylic acids is 2. The van der Waals surface area contributed by atoms with E-state index < -0.39 is 18.1 Å². The van der Waals surface area contributed by atoms with Gasteiger partial charge in [0.25, 0.3) is 0 Å². The molecule has 0 bridgehead atoms. The molecular formula is C43H74NO7+. The van der Waals surface area contributed by atoms with Crippen LogP contribution in [0.15, 0.2) is 60.8 Å². The van der Waals surface area contributed by atoms with Gasteiger partial charge in [-0.3, -0.25) is 9.59 Å². The summed E-state index contributed by atoms with van der Waals surface area (Å²) >= 11 is 0. The maximum atomic E-state index is 12.6. The van der Waals surface area contributed by atoms with Crippen molar-refractivity contribution in [3.63, 3.8) is 0 Å². The summed E-state index contributed by atoms with van der Waals surface area (Å²) < 4.78 is 17.1. The molecule has 0 aromatic carbocycles. The minimum atomic E-state index is -0.885. The number of hydrogen-bond donors (Lipinski definition) is 1. The molecule has 0 aromatic heterocycles. The number of unbranched alkanes of at least 4 members (excludes halogenated alkanes) is 10. The van der Waals surface area contributed by atoms with Gasteiger partial charge in [0, 0.05) is 19.3 Å². The van der Waals surface area contributed by atoms with Crippen LogP contribution in [-0.4, -0.2) is 80.6 Å². The van der Waals surface area contributed by atoms with Crippen molar-refractivity contribution in [1.82, 2.24) is 0 Å². The third-order valence-electron chi connectivity index (χ3n) is 8.43. The van der Waals surface area contributed by atoms with Gasteiger partial charge in [0.1, 0.15) is 6.61 Å². The highest BCUT2D eigenvalue weighted by molar-refractivity contribution is 5.72. The molecular weight excluding hydrogens is 642 g/mol. The van der Waals surface area contributed by atoms with Crippen LogP contribution in [0.2, 0.25) is 0 Å². The van der Waals surface area contributed by atoms with E-state index in [2.05, 4.69) is 74.6 Å².